The van der Waals surface area contributed by atoms with Gasteiger partial charge in [-0.15, -0.1) is 0 Å². The number of nitro groups is 1. The lowest BCUT2D eigenvalue weighted by molar-refractivity contribution is -0.470. The summed E-state index contributed by atoms with van der Waals surface area (Å²) in [5.41, 5.74) is 0.856. The van der Waals surface area contributed by atoms with Gasteiger partial charge in [0, 0.05) is 11.5 Å². The van der Waals surface area contributed by atoms with E-state index in [4.69, 9.17) is 9.47 Å². The van der Waals surface area contributed by atoms with Crippen molar-refractivity contribution in [1.29, 1.82) is 0 Å². The third kappa shape index (κ3) is 3.89. The Morgan fingerprint density at radius 1 is 1.33 bits per heavy atom. The molecule has 1 aromatic rings. The van der Waals surface area contributed by atoms with E-state index in [0.29, 0.717) is 5.75 Å². The largest absolute Gasteiger partial charge is 0.497 e. The molecule has 0 saturated carbocycles. The van der Waals surface area contributed by atoms with Crippen LogP contribution >= 0.6 is 0 Å². The summed E-state index contributed by atoms with van der Waals surface area (Å²) in [5, 5.41) is 10.7. The molecular formula is C16H18N2O6. The van der Waals surface area contributed by atoms with Gasteiger partial charge in [0.25, 0.3) is 5.91 Å². The number of methoxy groups -OCH3 is 2. The third-order valence-corrected chi connectivity index (χ3v) is 3.78. The predicted molar refractivity (Wildman–Crippen MR) is 83.9 cm³/mol. The van der Waals surface area contributed by atoms with Gasteiger partial charge in [-0.3, -0.25) is 14.9 Å². The monoisotopic (exact) mass is 334 g/mol. The lowest BCUT2D eigenvalue weighted by Crippen LogP contribution is -2.48. The van der Waals surface area contributed by atoms with E-state index in [-0.39, 0.29) is 18.5 Å². The smallest absolute Gasteiger partial charge is 0.328 e. The number of amides is 1. The Bertz CT molecular complexity index is 668. The number of carbonyl (C=O) groups excluding carboxylic acids is 2. The fraction of sp³-hybridized carbons (Fsp3) is 0.375. The summed E-state index contributed by atoms with van der Waals surface area (Å²) in [7, 11) is 2.79. The summed E-state index contributed by atoms with van der Waals surface area (Å²) < 4.78 is 9.82. The maximum atomic E-state index is 12.5. The van der Waals surface area contributed by atoms with Crippen LogP contribution in [-0.2, 0) is 20.9 Å². The minimum Gasteiger partial charge on any atom is -0.497 e. The minimum absolute atomic E-state index is 0.0775. The second-order valence-electron chi connectivity index (χ2n) is 5.28. The molecule has 1 aromatic carbocycles. The molecule has 2 rings (SSSR count). The van der Waals surface area contributed by atoms with E-state index in [1.807, 2.05) is 0 Å². The number of hydrogen-bond acceptors (Lipinski definition) is 6. The Kier molecular flexibility index (Phi) is 5.51. The second kappa shape index (κ2) is 7.58. The van der Waals surface area contributed by atoms with Crippen LogP contribution < -0.4 is 4.74 Å². The van der Waals surface area contributed by atoms with Crippen LogP contribution in [0.1, 0.15) is 12.0 Å². The van der Waals surface area contributed by atoms with Gasteiger partial charge in [-0.2, -0.15) is 0 Å². The number of carbonyl (C=O) groups is 2. The van der Waals surface area contributed by atoms with Crippen LogP contribution in [0.4, 0.5) is 0 Å². The highest BCUT2D eigenvalue weighted by Crippen LogP contribution is 2.23. The average molecular weight is 334 g/mol. The van der Waals surface area contributed by atoms with E-state index < -0.39 is 29.4 Å². The first-order valence-corrected chi connectivity index (χ1v) is 7.28. The van der Waals surface area contributed by atoms with E-state index in [1.54, 1.807) is 31.4 Å². The first-order chi connectivity index (χ1) is 11.5. The van der Waals surface area contributed by atoms with Crippen LogP contribution in [0.5, 0.6) is 5.75 Å². The van der Waals surface area contributed by atoms with Crippen molar-refractivity contribution in [2.45, 2.75) is 19.0 Å². The van der Waals surface area contributed by atoms with Crippen LogP contribution in [0.25, 0.3) is 0 Å². The number of hydrogen-bond donors (Lipinski definition) is 0. The molecule has 128 valence electrons. The maximum Gasteiger partial charge on any atom is 0.328 e. The molecule has 24 heavy (non-hydrogen) atoms. The Labute approximate surface area is 138 Å². The summed E-state index contributed by atoms with van der Waals surface area (Å²) in [4.78, 5) is 35.9. The van der Waals surface area contributed by atoms with Crippen molar-refractivity contribution in [2.24, 2.45) is 0 Å². The number of rotatable bonds is 6. The summed E-state index contributed by atoms with van der Waals surface area (Å²) in [6.45, 7) is -0.413. The topological polar surface area (TPSA) is 99.0 Å². The molecule has 1 aliphatic rings. The molecule has 0 aromatic heterocycles. The quantitative estimate of drug-likeness (QED) is 0.440. The maximum absolute atomic E-state index is 12.5. The van der Waals surface area contributed by atoms with Crippen molar-refractivity contribution >= 4 is 11.9 Å². The van der Waals surface area contributed by atoms with Crippen LogP contribution in [0, 0.1) is 10.1 Å². The number of benzene rings is 1. The summed E-state index contributed by atoms with van der Waals surface area (Å²) in [6.07, 6.45) is 1.63. The minimum atomic E-state index is -0.792. The van der Waals surface area contributed by atoms with Crippen LogP contribution in [0.15, 0.2) is 35.9 Å². The van der Waals surface area contributed by atoms with Crippen molar-refractivity contribution in [3.05, 3.63) is 51.6 Å². The molecule has 0 N–H and O–H groups in total. The molecule has 0 radical (unpaired) electrons. The first-order valence-electron chi connectivity index (χ1n) is 7.28. The third-order valence-electron chi connectivity index (χ3n) is 3.78. The van der Waals surface area contributed by atoms with Gasteiger partial charge in [0.15, 0.2) is 0 Å². The fourth-order valence-electron chi connectivity index (χ4n) is 2.53. The second-order valence-corrected chi connectivity index (χ2v) is 5.28. The zero-order valence-electron chi connectivity index (χ0n) is 13.4. The van der Waals surface area contributed by atoms with Gasteiger partial charge < -0.3 is 14.4 Å². The molecule has 1 aliphatic heterocycles. The standard InChI is InChI=1S/C16H18N2O6/c1-23-13-6-3-11(4-7-13)9-17-14(16(20)24-2)8-5-12(15(17)19)10-18(21)22/h3-7,14H,8-10H2,1-2H3. The average Bonchev–Trinajstić information content (AvgIpc) is 2.58. The van der Waals surface area contributed by atoms with Crippen LogP contribution in [-0.4, -0.2) is 48.5 Å². The molecule has 0 spiro atoms. The molecule has 0 bridgehead atoms. The molecule has 0 aliphatic carbocycles. The zero-order chi connectivity index (χ0) is 17.7. The molecule has 1 amide bonds. The van der Waals surface area contributed by atoms with E-state index in [1.165, 1.54) is 18.1 Å². The van der Waals surface area contributed by atoms with Gasteiger partial charge in [0.05, 0.1) is 19.8 Å². The highest BCUT2D eigenvalue weighted by atomic mass is 16.6. The van der Waals surface area contributed by atoms with Gasteiger partial charge in [-0.25, -0.2) is 4.79 Å². The Morgan fingerprint density at radius 2 is 2.00 bits per heavy atom. The Hall–Kier alpha value is -2.90. The molecule has 8 heteroatoms. The summed E-state index contributed by atoms with van der Waals surface area (Å²) >= 11 is 0. The van der Waals surface area contributed by atoms with E-state index in [9.17, 15) is 19.7 Å². The SMILES string of the molecule is COC(=O)C1CC=C(C[N+](=O)[O-])C(=O)N1Cc1ccc(OC)cc1. The molecule has 0 saturated heterocycles. The van der Waals surface area contributed by atoms with Gasteiger partial charge in [0.1, 0.15) is 11.8 Å². The summed E-state index contributed by atoms with van der Waals surface area (Å²) in [6, 6.07) is 6.23. The Morgan fingerprint density at radius 3 is 2.54 bits per heavy atom. The van der Waals surface area contributed by atoms with Gasteiger partial charge in [0.2, 0.25) is 6.54 Å². The predicted octanol–water partition coefficient (Wildman–Crippen LogP) is 1.17. The Balaban J connectivity index is 2.25. The van der Waals surface area contributed by atoms with Crippen LogP contribution in [0.3, 0.4) is 0 Å². The highest BCUT2D eigenvalue weighted by Gasteiger charge is 2.36. The molecule has 1 atom stereocenters. The van der Waals surface area contributed by atoms with Crippen LogP contribution in [0.2, 0.25) is 0 Å². The normalized spacial score (nSPS) is 17.2. The zero-order valence-corrected chi connectivity index (χ0v) is 13.4. The van der Waals surface area contributed by atoms with E-state index in [0.717, 1.165) is 5.56 Å². The van der Waals surface area contributed by atoms with Gasteiger partial charge in [-0.1, -0.05) is 18.2 Å². The van der Waals surface area contributed by atoms with Crippen molar-refractivity contribution in [1.82, 2.24) is 4.90 Å². The molecule has 1 heterocycles. The molecule has 8 nitrogen and oxygen atoms in total. The highest BCUT2D eigenvalue weighted by molar-refractivity contribution is 5.97. The number of esters is 1. The lowest BCUT2D eigenvalue weighted by Gasteiger charge is -2.32. The van der Waals surface area contributed by atoms with Crippen molar-refractivity contribution < 1.29 is 24.0 Å². The van der Waals surface area contributed by atoms with Crippen molar-refractivity contribution in [2.75, 3.05) is 20.8 Å². The van der Waals surface area contributed by atoms with E-state index in [2.05, 4.69) is 0 Å². The molecule has 0 fully saturated rings. The van der Waals surface area contributed by atoms with Gasteiger partial charge in [-0.05, 0) is 24.1 Å². The first kappa shape index (κ1) is 17.5. The summed E-state index contributed by atoms with van der Waals surface area (Å²) in [5.74, 6) is -0.403. The van der Waals surface area contributed by atoms with Crippen molar-refractivity contribution in [3.63, 3.8) is 0 Å². The van der Waals surface area contributed by atoms with E-state index >= 15 is 0 Å². The number of nitrogens with zero attached hydrogens (tertiary/aromatic N) is 2. The fourth-order valence-corrected chi connectivity index (χ4v) is 2.53. The molecule has 1 unspecified atom stereocenters. The van der Waals surface area contributed by atoms with Gasteiger partial charge >= 0.3 is 5.97 Å². The lowest BCUT2D eigenvalue weighted by atomic mass is 10.0. The number of ether oxygens (including phenoxy) is 2. The van der Waals surface area contributed by atoms with Crippen molar-refractivity contribution in [3.8, 4) is 5.75 Å². The molecular weight excluding hydrogens is 316 g/mol.